The molecule has 0 heterocycles. The first-order valence-corrected chi connectivity index (χ1v) is 11.0. The van der Waals surface area contributed by atoms with Gasteiger partial charge in [-0.25, -0.2) is 4.79 Å². The van der Waals surface area contributed by atoms with Gasteiger partial charge in [0.15, 0.2) is 0 Å². The van der Waals surface area contributed by atoms with E-state index in [0.29, 0.717) is 12.8 Å². The molecule has 9 nitrogen and oxygen atoms in total. The van der Waals surface area contributed by atoms with Crippen LogP contribution < -0.4 is 21.7 Å². The van der Waals surface area contributed by atoms with Gasteiger partial charge in [0.2, 0.25) is 17.7 Å². The number of amides is 3. The van der Waals surface area contributed by atoms with Gasteiger partial charge in [0.25, 0.3) is 0 Å². The molecule has 0 saturated carbocycles. The SMILES string of the molecule is CCC(C)C(NC(=O)C(N)C(C)C)C(=O)NC(C(=O)NC(CS)C(=O)O)C(C)CC. The number of carboxylic acid groups (broad SMARTS) is 1. The summed E-state index contributed by atoms with van der Waals surface area (Å²) < 4.78 is 0. The van der Waals surface area contributed by atoms with E-state index in [1.807, 2.05) is 34.6 Å². The van der Waals surface area contributed by atoms with E-state index < -0.39 is 47.9 Å². The highest BCUT2D eigenvalue weighted by Crippen LogP contribution is 2.13. The van der Waals surface area contributed by atoms with Gasteiger partial charge in [-0.2, -0.15) is 12.6 Å². The Labute approximate surface area is 184 Å². The number of carboxylic acids is 1. The molecule has 0 radical (unpaired) electrons. The average molecular weight is 447 g/mol. The molecular weight excluding hydrogens is 408 g/mol. The first kappa shape index (κ1) is 28.2. The minimum atomic E-state index is -1.21. The molecule has 0 spiro atoms. The zero-order valence-corrected chi connectivity index (χ0v) is 19.7. The molecule has 174 valence electrons. The molecule has 0 aromatic rings. The second-order valence-corrected chi connectivity index (χ2v) is 8.46. The number of carbonyl (C=O) groups excluding carboxylic acids is 3. The van der Waals surface area contributed by atoms with Gasteiger partial charge in [0.1, 0.15) is 18.1 Å². The van der Waals surface area contributed by atoms with Crippen molar-refractivity contribution in [2.24, 2.45) is 23.5 Å². The van der Waals surface area contributed by atoms with Crippen molar-refractivity contribution in [1.82, 2.24) is 16.0 Å². The molecular formula is C20H38N4O5S. The Morgan fingerprint density at radius 1 is 0.833 bits per heavy atom. The van der Waals surface area contributed by atoms with Gasteiger partial charge in [-0.15, -0.1) is 0 Å². The summed E-state index contributed by atoms with van der Waals surface area (Å²) in [6.07, 6.45) is 1.20. The number of carbonyl (C=O) groups is 4. The number of rotatable bonds is 13. The van der Waals surface area contributed by atoms with E-state index >= 15 is 0 Å². The molecule has 0 fully saturated rings. The van der Waals surface area contributed by atoms with Crippen molar-refractivity contribution in [2.45, 2.75) is 78.6 Å². The van der Waals surface area contributed by atoms with Crippen LogP contribution in [0.3, 0.4) is 0 Å². The zero-order valence-electron chi connectivity index (χ0n) is 18.8. The van der Waals surface area contributed by atoms with E-state index in [9.17, 15) is 19.2 Å². The van der Waals surface area contributed by atoms with Gasteiger partial charge in [-0.05, 0) is 17.8 Å². The Balaban J connectivity index is 5.55. The molecule has 0 aromatic heterocycles. The quantitative estimate of drug-likeness (QED) is 0.227. The van der Waals surface area contributed by atoms with E-state index in [1.54, 1.807) is 6.92 Å². The molecule has 6 atom stereocenters. The summed E-state index contributed by atoms with van der Waals surface area (Å²) in [6, 6.07) is -3.75. The second-order valence-electron chi connectivity index (χ2n) is 8.10. The lowest BCUT2D eigenvalue weighted by Gasteiger charge is -2.30. The largest absolute Gasteiger partial charge is 0.480 e. The van der Waals surface area contributed by atoms with E-state index in [1.165, 1.54) is 0 Å². The number of nitrogens with one attached hydrogen (secondary N) is 3. The average Bonchev–Trinajstić information content (AvgIpc) is 2.71. The fourth-order valence-corrected chi connectivity index (χ4v) is 2.89. The van der Waals surface area contributed by atoms with Gasteiger partial charge in [0, 0.05) is 5.75 Å². The number of aliphatic carboxylic acids is 1. The Kier molecular flexibility index (Phi) is 12.7. The molecule has 0 rings (SSSR count). The molecule has 0 aromatic carbocycles. The van der Waals surface area contributed by atoms with Crippen molar-refractivity contribution in [3.8, 4) is 0 Å². The predicted octanol–water partition coefficient (Wildman–Crippen LogP) is 0.531. The molecule has 0 aliphatic rings. The Morgan fingerprint density at radius 3 is 1.57 bits per heavy atom. The first-order valence-electron chi connectivity index (χ1n) is 10.4. The fraction of sp³-hybridized carbons (Fsp3) is 0.800. The van der Waals surface area contributed by atoms with Crippen LogP contribution in [-0.4, -0.2) is 58.7 Å². The molecule has 0 aliphatic heterocycles. The summed E-state index contributed by atoms with van der Waals surface area (Å²) in [6.45, 7) is 11.0. The molecule has 6 unspecified atom stereocenters. The predicted molar refractivity (Wildman–Crippen MR) is 119 cm³/mol. The zero-order chi connectivity index (χ0) is 23.6. The van der Waals surface area contributed by atoms with Crippen molar-refractivity contribution >= 4 is 36.3 Å². The van der Waals surface area contributed by atoms with Crippen LogP contribution >= 0.6 is 12.6 Å². The van der Waals surface area contributed by atoms with Crippen LogP contribution in [-0.2, 0) is 19.2 Å². The third-order valence-corrected chi connectivity index (χ3v) is 5.77. The summed E-state index contributed by atoms with van der Waals surface area (Å²) >= 11 is 3.95. The maximum absolute atomic E-state index is 13.0. The summed E-state index contributed by atoms with van der Waals surface area (Å²) in [7, 11) is 0. The lowest BCUT2D eigenvalue weighted by atomic mass is 9.94. The second kappa shape index (κ2) is 13.5. The fourth-order valence-electron chi connectivity index (χ4n) is 2.65. The van der Waals surface area contributed by atoms with Gasteiger partial charge < -0.3 is 26.8 Å². The maximum Gasteiger partial charge on any atom is 0.327 e. The van der Waals surface area contributed by atoms with E-state index in [-0.39, 0.29) is 23.5 Å². The van der Waals surface area contributed by atoms with Crippen LogP contribution in [0.25, 0.3) is 0 Å². The number of nitrogens with two attached hydrogens (primary N) is 1. The van der Waals surface area contributed by atoms with Gasteiger partial charge >= 0.3 is 5.97 Å². The van der Waals surface area contributed by atoms with Crippen molar-refractivity contribution in [1.29, 1.82) is 0 Å². The molecule has 30 heavy (non-hydrogen) atoms. The highest BCUT2D eigenvalue weighted by Gasteiger charge is 2.34. The summed E-state index contributed by atoms with van der Waals surface area (Å²) in [5, 5.41) is 17.0. The molecule has 0 bridgehead atoms. The van der Waals surface area contributed by atoms with Crippen molar-refractivity contribution in [3.63, 3.8) is 0 Å². The third kappa shape index (κ3) is 8.51. The topological polar surface area (TPSA) is 151 Å². The van der Waals surface area contributed by atoms with Gasteiger partial charge in [0.05, 0.1) is 6.04 Å². The van der Waals surface area contributed by atoms with Crippen molar-refractivity contribution in [2.75, 3.05) is 5.75 Å². The third-order valence-electron chi connectivity index (χ3n) is 5.40. The number of thiol groups is 1. The van der Waals surface area contributed by atoms with Crippen molar-refractivity contribution < 1.29 is 24.3 Å². The molecule has 10 heteroatoms. The molecule has 6 N–H and O–H groups in total. The number of hydrogen-bond donors (Lipinski definition) is 6. The lowest BCUT2D eigenvalue weighted by Crippen LogP contribution is -2.60. The Hall–Kier alpha value is -1.81. The first-order chi connectivity index (χ1) is 13.9. The molecule has 0 aliphatic carbocycles. The summed E-state index contributed by atoms with van der Waals surface area (Å²) in [5.41, 5.74) is 5.90. The Morgan fingerprint density at radius 2 is 1.23 bits per heavy atom. The van der Waals surface area contributed by atoms with Gasteiger partial charge in [-0.1, -0.05) is 54.4 Å². The van der Waals surface area contributed by atoms with E-state index in [2.05, 4.69) is 28.6 Å². The smallest absolute Gasteiger partial charge is 0.327 e. The minimum absolute atomic E-state index is 0.0825. The van der Waals surface area contributed by atoms with Crippen LogP contribution in [0.4, 0.5) is 0 Å². The van der Waals surface area contributed by atoms with E-state index in [4.69, 9.17) is 10.8 Å². The van der Waals surface area contributed by atoms with Crippen LogP contribution in [0.2, 0.25) is 0 Å². The monoisotopic (exact) mass is 446 g/mol. The van der Waals surface area contributed by atoms with Gasteiger partial charge in [-0.3, -0.25) is 14.4 Å². The summed E-state index contributed by atoms with van der Waals surface area (Å²) in [5.74, 6) is -3.39. The van der Waals surface area contributed by atoms with Crippen LogP contribution in [0.5, 0.6) is 0 Å². The minimum Gasteiger partial charge on any atom is -0.480 e. The van der Waals surface area contributed by atoms with E-state index in [0.717, 1.165) is 0 Å². The maximum atomic E-state index is 13.0. The summed E-state index contributed by atoms with van der Waals surface area (Å²) in [4.78, 5) is 49.4. The van der Waals surface area contributed by atoms with Crippen LogP contribution in [0.15, 0.2) is 0 Å². The highest BCUT2D eigenvalue weighted by molar-refractivity contribution is 7.80. The normalized spacial score (nSPS) is 17.2. The Bertz CT molecular complexity index is 602. The standard InChI is InChI=1S/C20H38N4O5S/c1-7-11(5)15(18(26)22-13(9-30)20(28)29)24-19(27)16(12(6)8-2)23-17(25)14(21)10(3)4/h10-16,30H,7-9,21H2,1-6H3,(H,22,26)(H,23,25)(H,24,27)(H,28,29). The highest BCUT2D eigenvalue weighted by atomic mass is 32.1. The van der Waals surface area contributed by atoms with Crippen LogP contribution in [0.1, 0.15) is 54.4 Å². The number of hydrogen-bond acceptors (Lipinski definition) is 6. The molecule has 3 amide bonds. The lowest BCUT2D eigenvalue weighted by molar-refractivity contribution is -0.142. The van der Waals surface area contributed by atoms with Crippen LogP contribution in [0, 0.1) is 17.8 Å². The molecule has 0 saturated heterocycles. The van der Waals surface area contributed by atoms with Crippen molar-refractivity contribution in [3.05, 3.63) is 0 Å².